The molecule has 0 bridgehead atoms. The molecule has 0 aromatic heterocycles. The maximum Gasteiger partial charge on any atom is 0.414 e. The van der Waals surface area contributed by atoms with E-state index in [2.05, 4.69) is 5.32 Å². The van der Waals surface area contributed by atoms with Crippen molar-refractivity contribution in [2.75, 3.05) is 49.2 Å². The highest BCUT2D eigenvalue weighted by molar-refractivity contribution is 5.90. The van der Waals surface area contributed by atoms with Gasteiger partial charge in [-0.1, -0.05) is 0 Å². The Hall–Kier alpha value is -2.53. The molecule has 3 fully saturated rings. The summed E-state index contributed by atoms with van der Waals surface area (Å²) < 4.78 is 60.2. The summed E-state index contributed by atoms with van der Waals surface area (Å²) in [5.41, 5.74) is -0.381. The lowest BCUT2D eigenvalue weighted by Crippen LogP contribution is -2.54. The van der Waals surface area contributed by atoms with Gasteiger partial charge in [0.1, 0.15) is 11.8 Å². The van der Waals surface area contributed by atoms with E-state index >= 15 is 0 Å². The Bertz CT molecular complexity index is 826. The van der Waals surface area contributed by atoms with Crippen molar-refractivity contribution in [2.24, 2.45) is 0 Å². The molecule has 11 heteroatoms. The second-order valence-electron chi connectivity index (χ2n) is 7.48. The first-order chi connectivity index (χ1) is 14.3. The van der Waals surface area contributed by atoms with E-state index in [0.29, 0.717) is 0 Å². The fourth-order valence-corrected chi connectivity index (χ4v) is 3.98. The number of piperidine rings is 1. The molecule has 4 rings (SSSR count). The second-order valence-corrected chi connectivity index (χ2v) is 7.48. The smallest absolute Gasteiger partial charge is 0.414 e. The van der Waals surface area contributed by atoms with Crippen molar-refractivity contribution < 1.29 is 37.0 Å². The number of carbonyl (C=O) groups is 2. The third kappa shape index (κ3) is 3.79. The van der Waals surface area contributed by atoms with Crippen LogP contribution in [0.4, 0.5) is 29.3 Å². The van der Waals surface area contributed by atoms with Crippen LogP contribution in [-0.4, -0.2) is 69.5 Å². The normalized spacial score (nSPS) is 25.7. The lowest BCUT2D eigenvalue weighted by molar-refractivity contribution is -0.207. The van der Waals surface area contributed by atoms with Crippen LogP contribution in [0.2, 0.25) is 0 Å². The summed E-state index contributed by atoms with van der Waals surface area (Å²) >= 11 is 0. The van der Waals surface area contributed by atoms with Gasteiger partial charge in [-0.3, -0.25) is 9.69 Å². The molecule has 2 atom stereocenters. The van der Waals surface area contributed by atoms with Crippen LogP contribution < -0.4 is 15.1 Å². The molecule has 0 radical (unpaired) electrons. The minimum atomic E-state index is -1.56. The van der Waals surface area contributed by atoms with Crippen molar-refractivity contribution in [1.82, 2.24) is 5.32 Å². The number of amides is 2. The Labute approximate surface area is 170 Å². The molecule has 8 nitrogen and oxygen atoms in total. The van der Waals surface area contributed by atoms with Gasteiger partial charge < -0.3 is 24.4 Å². The van der Waals surface area contributed by atoms with E-state index in [1.165, 1.54) is 11.8 Å². The molecule has 1 aromatic rings. The lowest BCUT2D eigenvalue weighted by atomic mass is 10.0. The van der Waals surface area contributed by atoms with Crippen molar-refractivity contribution in [3.63, 3.8) is 0 Å². The summed E-state index contributed by atoms with van der Waals surface area (Å²) in [5, 5.41) is 2.53. The second kappa shape index (κ2) is 7.95. The molecule has 164 valence electrons. The highest BCUT2D eigenvalue weighted by atomic mass is 19.1. The van der Waals surface area contributed by atoms with Gasteiger partial charge in [0.25, 0.3) is 0 Å². The van der Waals surface area contributed by atoms with Crippen LogP contribution in [0, 0.1) is 11.6 Å². The summed E-state index contributed by atoms with van der Waals surface area (Å²) in [5.74, 6) is -3.46. The van der Waals surface area contributed by atoms with Crippen molar-refractivity contribution in [2.45, 2.75) is 31.4 Å². The van der Waals surface area contributed by atoms with Gasteiger partial charge in [0.15, 0.2) is 17.8 Å². The molecule has 1 spiro atoms. The predicted molar refractivity (Wildman–Crippen MR) is 99.0 cm³/mol. The average Bonchev–Trinajstić information content (AvgIpc) is 3.30. The Morgan fingerprint density at radius 3 is 2.50 bits per heavy atom. The number of halogens is 3. The first kappa shape index (κ1) is 20.7. The van der Waals surface area contributed by atoms with Gasteiger partial charge in [-0.15, -0.1) is 0 Å². The summed E-state index contributed by atoms with van der Waals surface area (Å²) in [4.78, 5) is 25.5. The van der Waals surface area contributed by atoms with E-state index < -0.39 is 35.8 Å². The molecule has 0 saturated carbocycles. The standard InChI is InChI=1S/C19H22F3N3O5/c1-11(26)23-8-13-9-25(18(27)30-13)12-6-14(20)17(15(21)7-12)24-3-2-19(16(22)10-24)28-4-5-29-19/h6-7,13,16H,2-5,8-10H2,1H3,(H,23,26)/t13-,16+/m0/s1. The molecule has 3 saturated heterocycles. The number of hydrogen-bond acceptors (Lipinski definition) is 6. The largest absolute Gasteiger partial charge is 0.442 e. The Balaban J connectivity index is 1.49. The topological polar surface area (TPSA) is 80.3 Å². The van der Waals surface area contributed by atoms with Gasteiger partial charge in [0.05, 0.1) is 38.5 Å². The maximum absolute atomic E-state index is 14.8. The van der Waals surface area contributed by atoms with Crippen molar-refractivity contribution in [3.8, 4) is 0 Å². The van der Waals surface area contributed by atoms with Gasteiger partial charge in [-0.25, -0.2) is 18.0 Å². The average molecular weight is 429 g/mol. The van der Waals surface area contributed by atoms with Crippen LogP contribution in [0.1, 0.15) is 13.3 Å². The summed E-state index contributed by atoms with van der Waals surface area (Å²) in [7, 11) is 0. The monoisotopic (exact) mass is 429 g/mol. The Morgan fingerprint density at radius 2 is 1.90 bits per heavy atom. The van der Waals surface area contributed by atoms with Gasteiger partial charge in [-0.05, 0) is 0 Å². The molecule has 3 aliphatic rings. The zero-order valence-corrected chi connectivity index (χ0v) is 16.3. The predicted octanol–water partition coefficient (Wildman–Crippen LogP) is 1.72. The number of rotatable bonds is 4. The van der Waals surface area contributed by atoms with Crippen LogP contribution in [0.5, 0.6) is 0 Å². The fourth-order valence-electron chi connectivity index (χ4n) is 3.98. The van der Waals surface area contributed by atoms with E-state index in [-0.39, 0.29) is 63.1 Å². The van der Waals surface area contributed by atoms with Crippen molar-refractivity contribution in [1.29, 1.82) is 0 Å². The highest BCUT2D eigenvalue weighted by Crippen LogP contribution is 2.38. The van der Waals surface area contributed by atoms with E-state index in [1.54, 1.807) is 0 Å². The van der Waals surface area contributed by atoms with Crippen LogP contribution in [0.25, 0.3) is 0 Å². The van der Waals surface area contributed by atoms with Gasteiger partial charge in [0, 0.05) is 32.0 Å². The summed E-state index contributed by atoms with van der Waals surface area (Å²) in [6, 6.07) is 2.03. The first-order valence-electron chi connectivity index (χ1n) is 9.67. The van der Waals surface area contributed by atoms with Gasteiger partial charge in [-0.2, -0.15) is 0 Å². The highest BCUT2D eigenvalue weighted by Gasteiger charge is 2.49. The number of cyclic esters (lactones) is 1. The van der Waals surface area contributed by atoms with E-state index in [1.807, 2.05) is 0 Å². The third-order valence-corrected chi connectivity index (χ3v) is 5.45. The molecule has 1 N–H and O–H groups in total. The summed E-state index contributed by atoms with van der Waals surface area (Å²) in [6.45, 7) is 1.89. The van der Waals surface area contributed by atoms with Gasteiger partial charge in [0.2, 0.25) is 11.7 Å². The number of hydrogen-bond donors (Lipinski definition) is 1. The first-order valence-corrected chi connectivity index (χ1v) is 9.67. The zero-order chi connectivity index (χ0) is 21.5. The Morgan fingerprint density at radius 1 is 1.23 bits per heavy atom. The number of ether oxygens (including phenoxy) is 3. The number of benzene rings is 1. The molecule has 0 aliphatic carbocycles. The SMILES string of the molecule is CC(=O)NC[C@H]1CN(c2cc(F)c(N3CCC4(OCCO4)[C@H](F)C3)c(F)c2)C(=O)O1. The van der Waals surface area contributed by atoms with E-state index in [0.717, 1.165) is 17.0 Å². The van der Waals surface area contributed by atoms with Crippen molar-refractivity contribution >= 4 is 23.4 Å². The molecular weight excluding hydrogens is 407 g/mol. The molecular formula is C19H22F3N3O5. The zero-order valence-electron chi connectivity index (χ0n) is 16.3. The minimum absolute atomic E-state index is 0.0168. The lowest BCUT2D eigenvalue weighted by Gasteiger charge is -2.41. The quantitative estimate of drug-likeness (QED) is 0.785. The number of anilines is 2. The van der Waals surface area contributed by atoms with E-state index in [9.17, 15) is 22.8 Å². The fraction of sp³-hybridized carbons (Fsp3) is 0.579. The Kier molecular flexibility index (Phi) is 5.49. The molecule has 1 aromatic carbocycles. The number of alkyl halides is 1. The summed E-state index contributed by atoms with van der Waals surface area (Å²) in [6.07, 6.45) is -2.83. The number of nitrogens with zero attached hydrogens (tertiary/aromatic N) is 2. The molecule has 3 aliphatic heterocycles. The van der Waals surface area contributed by atoms with Gasteiger partial charge >= 0.3 is 6.09 Å². The molecule has 2 amide bonds. The van der Waals surface area contributed by atoms with Crippen LogP contribution in [-0.2, 0) is 19.0 Å². The van der Waals surface area contributed by atoms with E-state index in [4.69, 9.17) is 14.2 Å². The number of nitrogens with one attached hydrogen (secondary N) is 1. The van der Waals surface area contributed by atoms with Crippen LogP contribution in [0.15, 0.2) is 12.1 Å². The molecule has 3 heterocycles. The number of carbonyl (C=O) groups excluding carboxylic acids is 2. The third-order valence-electron chi connectivity index (χ3n) is 5.45. The van der Waals surface area contributed by atoms with Crippen LogP contribution in [0.3, 0.4) is 0 Å². The maximum atomic E-state index is 14.8. The molecule has 0 unspecified atom stereocenters. The van der Waals surface area contributed by atoms with Crippen molar-refractivity contribution in [3.05, 3.63) is 23.8 Å². The minimum Gasteiger partial charge on any atom is -0.442 e. The molecule has 30 heavy (non-hydrogen) atoms. The van der Waals surface area contributed by atoms with Crippen LogP contribution >= 0.6 is 0 Å².